The fraction of sp³-hybridized carbons (Fsp3) is 0.455. The van der Waals surface area contributed by atoms with E-state index in [0.717, 1.165) is 13.0 Å². The zero-order chi connectivity index (χ0) is 9.10. The van der Waals surface area contributed by atoms with Gasteiger partial charge in [0.2, 0.25) is 0 Å². The minimum absolute atomic E-state index is 0. The van der Waals surface area contributed by atoms with Gasteiger partial charge in [-0.3, -0.25) is 0 Å². The second-order valence-corrected chi connectivity index (χ2v) is 3.62. The zero-order valence-electron chi connectivity index (χ0n) is 7.95. The standard InChI is InChI=1S/C11H14FN.ClH/c12-11-8-13-7-10(11)6-9-4-2-1-3-5-9;/h1-5,10-11,13H,6-8H2;1H/t10-,11+;/m0./s1. The van der Waals surface area contributed by atoms with Crippen molar-refractivity contribution in [3.05, 3.63) is 35.9 Å². The van der Waals surface area contributed by atoms with Crippen LogP contribution >= 0.6 is 12.4 Å². The molecule has 1 heterocycles. The van der Waals surface area contributed by atoms with Gasteiger partial charge in [0.1, 0.15) is 6.17 Å². The molecule has 78 valence electrons. The van der Waals surface area contributed by atoms with E-state index < -0.39 is 6.17 Å². The number of halogens is 2. The van der Waals surface area contributed by atoms with Gasteiger partial charge in [-0.05, 0) is 12.0 Å². The van der Waals surface area contributed by atoms with Crippen molar-refractivity contribution in [2.75, 3.05) is 13.1 Å². The first kappa shape index (κ1) is 11.5. The van der Waals surface area contributed by atoms with Crippen LogP contribution in [0.15, 0.2) is 30.3 Å². The molecule has 0 bridgehead atoms. The molecule has 1 saturated heterocycles. The van der Waals surface area contributed by atoms with E-state index in [-0.39, 0.29) is 18.3 Å². The van der Waals surface area contributed by atoms with E-state index >= 15 is 0 Å². The zero-order valence-corrected chi connectivity index (χ0v) is 8.77. The van der Waals surface area contributed by atoms with Crippen molar-refractivity contribution in [1.29, 1.82) is 0 Å². The highest BCUT2D eigenvalue weighted by Crippen LogP contribution is 2.17. The number of hydrogen-bond donors (Lipinski definition) is 1. The smallest absolute Gasteiger partial charge is 0.117 e. The lowest BCUT2D eigenvalue weighted by Gasteiger charge is -2.10. The average Bonchev–Trinajstić information content (AvgIpc) is 2.54. The van der Waals surface area contributed by atoms with Crippen LogP contribution in [-0.2, 0) is 6.42 Å². The molecular weight excluding hydrogens is 201 g/mol. The Morgan fingerprint density at radius 1 is 1.21 bits per heavy atom. The minimum Gasteiger partial charge on any atom is -0.313 e. The molecular formula is C11H15ClFN. The minimum atomic E-state index is -0.666. The monoisotopic (exact) mass is 215 g/mol. The van der Waals surface area contributed by atoms with Crippen molar-refractivity contribution >= 4 is 12.4 Å². The Labute approximate surface area is 90.1 Å². The van der Waals surface area contributed by atoms with Crippen molar-refractivity contribution in [3.8, 4) is 0 Å². The third kappa shape index (κ3) is 2.69. The van der Waals surface area contributed by atoms with E-state index in [1.54, 1.807) is 0 Å². The van der Waals surface area contributed by atoms with Crippen LogP contribution in [0, 0.1) is 5.92 Å². The Balaban J connectivity index is 0.000000980. The van der Waals surface area contributed by atoms with Gasteiger partial charge in [-0.2, -0.15) is 0 Å². The molecule has 1 aromatic rings. The van der Waals surface area contributed by atoms with Gasteiger partial charge in [0.15, 0.2) is 0 Å². The highest BCUT2D eigenvalue weighted by molar-refractivity contribution is 5.85. The van der Waals surface area contributed by atoms with E-state index in [4.69, 9.17) is 0 Å². The van der Waals surface area contributed by atoms with Gasteiger partial charge in [0, 0.05) is 19.0 Å². The molecule has 0 aromatic heterocycles. The van der Waals surface area contributed by atoms with Gasteiger partial charge in [0.25, 0.3) is 0 Å². The van der Waals surface area contributed by atoms with Crippen molar-refractivity contribution in [2.45, 2.75) is 12.6 Å². The molecule has 1 aliphatic rings. The predicted molar refractivity (Wildman–Crippen MR) is 58.6 cm³/mol. The summed E-state index contributed by atoms with van der Waals surface area (Å²) in [5.41, 5.74) is 1.24. The summed E-state index contributed by atoms with van der Waals surface area (Å²) < 4.78 is 13.2. The summed E-state index contributed by atoms with van der Waals surface area (Å²) >= 11 is 0. The molecule has 1 fully saturated rings. The molecule has 1 aromatic carbocycles. The van der Waals surface area contributed by atoms with Crippen molar-refractivity contribution in [3.63, 3.8) is 0 Å². The molecule has 3 heteroatoms. The lowest BCUT2D eigenvalue weighted by molar-refractivity contribution is 0.282. The highest BCUT2D eigenvalue weighted by Gasteiger charge is 2.26. The fourth-order valence-corrected chi connectivity index (χ4v) is 1.82. The summed E-state index contributed by atoms with van der Waals surface area (Å²) in [6.07, 6.45) is 0.190. The number of rotatable bonds is 2. The average molecular weight is 216 g/mol. The largest absolute Gasteiger partial charge is 0.313 e. The van der Waals surface area contributed by atoms with Crippen LogP contribution in [0.2, 0.25) is 0 Å². The first-order valence-corrected chi connectivity index (χ1v) is 4.75. The normalized spacial score (nSPS) is 25.8. The molecule has 1 N–H and O–H groups in total. The van der Waals surface area contributed by atoms with Crippen LogP contribution in [-0.4, -0.2) is 19.3 Å². The van der Waals surface area contributed by atoms with E-state index in [1.165, 1.54) is 5.56 Å². The molecule has 0 aliphatic carbocycles. The molecule has 0 saturated carbocycles. The second kappa shape index (κ2) is 5.32. The van der Waals surface area contributed by atoms with Gasteiger partial charge < -0.3 is 5.32 Å². The number of hydrogen-bond acceptors (Lipinski definition) is 1. The summed E-state index contributed by atoms with van der Waals surface area (Å²) in [5, 5.41) is 3.07. The molecule has 1 nitrogen and oxygen atoms in total. The molecule has 14 heavy (non-hydrogen) atoms. The first-order chi connectivity index (χ1) is 6.36. The van der Waals surface area contributed by atoms with E-state index in [9.17, 15) is 4.39 Å². The van der Waals surface area contributed by atoms with E-state index in [0.29, 0.717) is 6.54 Å². The van der Waals surface area contributed by atoms with Gasteiger partial charge in [0.05, 0.1) is 0 Å². The van der Waals surface area contributed by atoms with Crippen LogP contribution in [0.3, 0.4) is 0 Å². The number of nitrogens with one attached hydrogen (secondary N) is 1. The Morgan fingerprint density at radius 2 is 1.93 bits per heavy atom. The third-order valence-corrected chi connectivity index (χ3v) is 2.60. The predicted octanol–water partition coefficient (Wildman–Crippen LogP) is 2.21. The Morgan fingerprint density at radius 3 is 2.50 bits per heavy atom. The molecule has 0 amide bonds. The van der Waals surface area contributed by atoms with Gasteiger partial charge in [-0.25, -0.2) is 4.39 Å². The molecule has 0 spiro atoms. The van der Waals surface area contributed by atoms with Gasteiger partial charge >= 0.3 is 0 Å². The molecule has 2 rings (SSSR count). The summed E-state index contributed by atoms with van der Waals surface area (Å²) in [7, 11) is 0. The molecule has 2 atom stereocenters. The third-order valence-electron chi connectivity index (χ3n) is 2.60. The summed E-state index contributed by atoms with van der Waals surface area (Å²) in [6, 6.07) is 10.1. The lowest BCUT2D eigenvalue weighted by atomic mass is 9.98. The lowest BCUT2D eigenvalue weighted by Crippen LogP contribution is -2.15. The summed E-state index contributed by atoms with van der Waals surface area (Å²) in [6.45, 7) is 1.34. The number of benzene rings is 1. The van der Waals surface area contributed by atoms with Crippen LogP contribution in [0.4, 0.5) is 4.39 Å². The summed E-state index contributed by atoms with van der Waals surface area (Å²) in [4.78, 5) is 0. The van der Waals surface area contributed by atoms with Crippen LogP contribution < -0.4 is 5.32 Å². The summed E-state index contributed by atoms with van der Waals surface area (Å²) in [5.74, 6) is 0.169. The van der Waals surface area contributed by atoms with Crippen molar-refractivity contribution in [2.24, 2.45) is 5.92 Å². The van der Waals surface area contributed by atoms with Crippen molar-refractivity contribution in [1.82, 2.24) is 5.32 Å². The maximum absolute atomic E-state index is 13.2. The number of alkyl halides is 1. The molecule has 1 aliphatic heterocycles. The van der Waals surface area contributed by atoms with E-state index in [1.807, 2.05) is 18.2 Å². The van der Waals surface area contributed by atoms with Crippen molar-refractivity contribution < 1.29 is 4.39 Å². The Bertz CT molecular complexity index is 265. The van der Waals surface area contributed by atoms with Gasteiger partial charge in [-0.15, -0.1) is 12.4 Å². The topological polar surface area (TPSA) is 12.0 Å². The highest BCUT2D eigenvalue weighted by atomic mass is 35.5. The maximum Gasteiger partial charge on any atom is 0.117 e. The quantitative estimate of drug-likeness (QED) is 0.798. The molecule has 0 unspecified atom stereocenters. The van der Waals surface area contributed by atoms with Gasteiger partial charge in [-0.1, -0.05) is 30.3 Å². The SMILES string of the molecule is Cl.F[C@@H]1CNC[C@@H]1Cc1ccccc1. The van der Waals surface area contributed by atoms with E-state index in [2.05, 4.69) is 17.4 Å². The Hall–Kier alpha value is -0.600. The fourth-order valence-electron chi connectivity index (χ4n) is 1.82. The van der Waals surface area contributed by atoms with Crippen LogP contribution in [0.5, 0.6) is 0 Å². The maximum atomic E-state index is 13.2. The second-order valence-electron chi connectivity index (χ2n) is 3.62. The first-order valence-electron chi connectivity index (χ1n) is 4.75. The Kier molecular flexibility index (Phi) is 4.36. The molecule has 0 radical (unpaired) electrons. The van der Waals surface area contributed by atoms with Crippen LogP contribution in [0.1, 0.15) is 5.56 Å². The van der Waals surface area contributed by atoms with Crippen LogP contribution in [0.25, 0.3) is 0 Å².